The van der Waals surface area contributed by atoms with Crippen molar-refractivity contribution < 1.29 is 9.59 Å². The summed E-state index contributed by atoms with van der Waals surface area (Å²) in [5.41, 5.74) is 3.31. The number of rotatable bonds is 6. The van der Waals surface area contributed by atoms with Crippen LogP contribution in [0, 0.1) is 0 Å². The van der Waals surface area contributed by atoms with Crippen molar-refractivity contribution in [3.63, 3.8) is 0 Å². The van der Waals surface area contributed by atoms with Gasteiger partial charge >= 0.3 is 0 Å². The van der Waals surface area contributed by atoms with E-state index in [0.717, 1.165) is 36.5 Å². The minimum absolute atomic E-state index is 0.343. The number of nitrogens with one attached hydrogen (secondary N) is 1. The Morgan fingerprint density at radius 2 is 1.64 bits per heavy atom. The van der Waals surface area contributed by atoms with Crippen molar-refractivity contribution in [3.05, 3.63) is 124 Å². The van der Waals surface area contributed by atoms with Crippen LogP contribution in [0.4, 0.5) is 10.8 Å². The molecule has 10 heteroatoms. The van der Waals surface area contributed by atoms with E-state index < -0.39 is 6.04 Å². The van der Waals surface area contributed by atoms with Crippen LogP contribution in [0.2, 0.25) is 0 Å². The summed E-state index contributed by atoms with van der Waals surface area (Å²) in [4.78, 5) is 44.6. The standard InChI is InChI=1S/C32H20BrN5O2S2/c33-22-10-12-26-28(17-22)42-32(37-26)38(31(40)21-9-11-25-19(15-21)6-3-13-34-25)29(27-8-4-14-41-27)30(39)36-23-16-20-5-1-2-7-24(20)35-18-23/h1-18,29H,(H,36,39). The number of carbonyl (C=O) groups is 2. The summed E-state index contributed by atoms with van der Waals surface area (Å²) < 4.78 is 1.80. The third kappa shape index (κ3) is 5.04. The summed E-state index contributed by atoms with van der Waals surface area (Å²) >= 11 is 6.30. The van der Waals surface area contributed by atoms with Crippen LogP contribution in [0.25, 0.3) is 32.0 Å². The molecule has 7 rings (SSSR count). The number of fused-ring (bicyclic) bond motifs is 3. The third-order valence-electron chi connectivity index (χ3n) is 6.79. The number of nitrogens with zero attached hydrogens (tertiary/aromatic N) is 4. The van der Waals surface area contributed by atoms with Crippen LogP contribution >= 0.6 is 38.6 Å². The fourth-order valence-corrected chi connectivity index (χ4v) is 7.18. The van der Waals surface area contributed by atoms with Crippen molar-refractivity contribution in [2.24, 2.45) is 0 Å². The lowest BCUT2D eigenvalue weighted by Gasteiger charge is -2.28. The molecule has 42 heavy (non-hydrogen) atoms. The van der Waals surface area contributed by atoms with E-state index in [1.165, 1.54) is 27.6 Å². The first-order valence-corrected chi connectivity index (χ1v) is 15.5. The monoisotopic (exact) mass is 649 g/mol. The number of benzene rings is 3. The number of anilines is 2. The summed E-state index contributed by atoms with van der Waals surface area (Å²) in [7, 11) is 0. The minimum Gasteiger partial charge on any atom is -0.323 e. The molecule has 0 radical (unpaired) electrons. The van der Waals surface area contributed by atoms with E-state index in [-0.39, 0.29) is 11.8 Å². The highest BCUT2D eigenvalue weighted by molar-refractivity contribution is 9.10. The second-order valence-electron chi connectivity index (χ2n) is 9.52. The summed E-state index contributed by atoms with van der Waals surface area (Å²) in [5.74, 6) is -0.713. The predicted octanol–water partition coefficient (Wildman–Crippen LogP) is 8.24. The molecule has 0 aliphatic heterocycles. The van der Waals surface area contributed by atoms with E-state index in [2.05, 4.69) is 31.2 Å². The highest BCUT2D eigenvalue weighted by atomic mass is 79.9. The molecule has 7 nitrogen and oxygen atoms in total. The highest BCUT2D eigenvalue weighted by Crippen LogP contribution is 2.38. The van der Waals surface area contributed by atoms with Crippen LogP contribution in [0.15, 0.2) is 113 Å². The van der Waals surface area contributed by atoms with Gasteiger partial charge in [0.2, 0.25) is 0 Å². The molecule has 1 unspecified atom stereocenters. The number of thiazole rings is 1. The van der Waals surface area contributed by atoms with Gasteiger partial charge in [0.05, 0.1) is 33.1 Å². The molecule has 0 fully saturated rings. The summed E-state index contributed by atoms with van der Waals surface area (Å²) in [6.07, 6.45) is 3.34. The third-order valence-corrected chi connectivity index (χ3v) is 9.23. The Morgan fingerprint density at radius 1 is 0.833 bits per heavy atom. The first-order valence-electron chi connectivity index (χ1n) is 13.0. The van der Waals surface area contributed by atoms with Gasteiger partial charge in [0.1, 0.15) is 0 Å². The van der Waals surface area contributed by atoms with Gasteiger partial charge in [-0.3, -0.25) is 24.5 Å². The molecule has 7 aromatic rings. The maximum Gasteiger partial charge on any atom is 0.261 e. The van der Waals surface area contributed by atoms with Crippen molar-refractivity contribution in [3.8, 4) is 0 Å². The SMILES string of the molecule is O=C(Nc1cnc2ccccc2c1)C(c1cccs1)N(C(=O)c1ccc2ncccc2c1)c1nc2ccc(Br)cc2s1. The molecule has 0 aliphatic carbocycles. The van der Waals surface area contributed by atoms with Crippen LogP contribution < -0.4 is 10.2 Å². The van der Waals surface area contributed by atoms with E-state index in [0.29, 0.717) is 21.3 Å². The van der Waals surface area contributed by atoms with E-state index in [1.807, 2.05) is 84.2 Å². The molecule has 0 aliphatic rings. The Kier molecular flexibility index (Phi) is 6.94. The van der Waals surface area contributed by atoms with Crippen LogP contribution in [0.1, 0.15) is 21.3 Å². The fourth-order valence-electron chi connectivity index (χ4n) is 4.82. The van der Waals surface area contributed by atoms with Gasteiger partial charge in [0.25, 0.3) is 11.8 Å². The van der Waals surface area contributed by atoms with Crippen molar-refractivity contribution in [1.82, 2.24) is 15.0 Å². The Hall–Kier alpha value is -4.51. The van der Waals surface area contributed by atoms with Gasteiger partial charge < -0.3 is 5.32 Å². The predicted molar refractivity (Wildman–Crippen MR) is 173 cm³/mol. The number of thiophene rings is 1. The van der Waals surface area contributed by atoms with Gasteiger partial charge in [0, 0.05) is 31.9 Å². The molecule has 204 valence electrons. The quantitative estimate of drug-likeness (QED) is 0.196. The summed E-state index contributed by atoms with van der Waals surface area (Å²) in [6, 6.07) is 27.2. The maximum absolute atomic E-state index is 14.5. The zero-order valence-corrected chi connectivity index (χ0v) is 25.0. The molecule has 4 heterocycles. The van der Waals surface area contributed by atoms with Gasteiger partial charge in [-0.15, -0.1) is 11.3 Å². The van der Waals surface area contributed by atoms with Gasteiger partial charge in [-0.2, -0.15) is 0 Å². The highest BCUT2D eigenvalue weighted by Gasteiger charge is 2.36. The molecule has 0 saturated heterocycles. The largest absolute Gasteiger partial charge is 0.323 e. The lowest BCUT2D eigenvalue weighted by molar-refractivity contribution is -0.117. The topological polar surface area (TPSA) is 88.1 Å². The van der Waals surface area contributed by atoms with Crippen molar-refractivity contribution >= 4 is 93.3 Å². The van der Waals surface area contributed by atoms with Crippen LogP contribution in [-0.4, -0.2) is 26.8 Å². The molecule has 1 N–H and O–H groups in total. The number of amides is 2. The average Bonchev–Trinajstić information content (AvgIpc) is 3.69. The molecule has 3 aromatic carbocycles. The summed E-state index contributed by atoms with van der Waals surface area (Å²) in [6.45, 7) is 0. The minimum atomic E-state index is -0.988. The average molecular weight is 651 g/mol. The molecular formula is C32H20BrN5O2S2. The number of hydrogen-bond acceptors (Lipinski definition) is 7. The number of hydrogen-bond donors (Lipinski definition) is 1. The van der Waals surface area contributed by atoms with Gasteiger partial charge in [0.15, 0.2) is 11.2 Å². The zero-order valence-electron chi connectivity index (χ0n) is 21.8. The fraction of sp³-hybridized carbons (Fsp3) is 0.0312. The lowest BCUT2D eigenvalue weighted by Crippen LogP contribution is -2.41. The van der Waals surface area contributed by atoms with Crippen LogP contribution in [0.3, 0.4) is 0 Å². The van der Waals surface area contributed by atoms with Crippen molar-refractivity contribution in [2.75, 3.05) is 10.2 Å². The second-order valence-corrected chi connectivity index (χ2v) is 12.4. The smallest absolute Gasteiger partial charge is 0.261 e. The molecular weight excluding hydrogens is 630 g/mol. The molecule has 0 bridgehead atoms. The number of para-hydroxylation sites is 1. The van der Waals surface area contributed by atoms with Crippen molar-refractivity contribution in [1.29, 1.82) is 0 Å². The number of carbonyl (C=O) groups excluding carboxylic acids is 2. The van der Waals surface area contributed by atoms with Gasteiger partial charge in [-0.1, -0.05) is 57.6 Å². The Labute approximate surface area is 256 Å². The normalized spacial score (nSPS) is 12.0. The number of aromatic nitrogens is 3. The van der Waals surface area contributed by atoms with Gasteiger partial charge in [-0.05, 0) is 66.0 Å². The Bertz CT molecular complexity index is 2110. The number of halogens is 1. The first kappa shape index (κ1) is 26.4. The van der Waals surface area contributed by atoms with Crippen molar-refractivity contribution in [2.45, 2.75) is 6.04 Å². The molecule has 1 atom stereocenters. The van der Waals surface area contributed by atoms with Crippen LogP contribution in [0.5, 0.6) is 0 Å². The summed E-state index contributed by atoms with van der Waals surface area (Å²) in [5, 5.41) is 7.07. The first-order chi connectivity index (χ1) is 20.5. The number of pyridine rings is 2. The second kappa shape index (κ2) is 11.1. The van der Waals surface area contributed by atoms with E-state index in [9.17, 15) is 9.59 Å². The van der Waals surface area contributed by atoms with Gasteiger partial charge in [-0.25, -0.2) is 4.98 Å². The zero-order chi connectivity index (χ0) is 28.6. The van der Waals surface area contributed by atoms with E-state index in [1.54, 1.807) is 24.5 Å². The van der Waals surface area contributed by atoms with E-state index in [4.69, 9.17) is 4.98 Å². The maximum atomic E-state index is 14.5. The molecule has 4 aromatic heterocycles. The molecule has 0 spiro atoms. The molecule has 2 amide bonds. The lowest BCUT2D eigenvalue weighted by atomic mass is 10.1. The van der Waals surface area contributed by atoms with E-state index >= 15 is 0 Å². The molecule has 0 saturated carbocycles. The van der Waals surface area contributed by atoms with Crippen LogP contribution in [-0.2, 0) is 4.79 Å². The Morgan fingerprint density at radius 3 is 2.52 bits per heavy atom. The Balaban J connectivity index is 1.36.